The lowest BCUT2D eigenvalue weighted by Crippen LogP contribution is -2.54. The average Bonchev–Trinajstić information content (AvgIpc) is 1.71. The Morgan fingerprint density at radius 3 is 1.34 bits per heavy atom. The molecule has 8 fully saturated rings. The Morgan fingerprint density at radius 1 is 0.532 bits per heavy atom. The van der Waals surface area contributed by atoms with Gasteiger partial charge in [-0.1, -0.05) is 183 Å². The van der Waals surface area contributed by atoms with Gasteiger partial charge in [0.05, 0.1) is 24.4 Å². The van der Waals surface area contributed by atoms with Gasteiger partial charge in [-0.05, 0) is 287 Å². The van der Waals surface area contributed by atoms with Gasteiger partial charge < -0.3 is 44.5 Å². The zero-order valence-corrected chi connectivity index (χ0v) is 72.4. The van der Waals surface area contributed by atoms with Crippen molar-refractivity contribution in [2.45, 2.75) is 316 Å². The third kappa shape index (κ3) is 27.0. The Balaban J connectivity index is 0.000000262. The maximum absolute atomic E-state index is 11.2. The summed E-state index contributed by atoms with van der Waals surface area (Å²) in [5, 5.41) is 45.9. The van der Waals surface area contributed by atoms with Crippen LogP contribution in [-0.4, -0.2) is 104 Å². The molecule has 109 heavy (non-hydrogen) atoms. The highest BCUT2D eigenvalue weighted by Gasteiger charge is 2.57. The van der Waals surface area contributed by atoms with Crippen LogP contribution in [0.4, 0.5) is 0 Å². The number of carboxylic acids is 1. The number of carboxylic acid groups (broad SMARTS) is 1. The second-order valence-corrected chi connectivity index (χ2v) is 39.1. The number of aliphatic carboxylic acids is 1. The van der Waals surface area contributed by atoms with Crippen LogP contribution in [-0.2, 0) is 42.9 Å². The number of aliphatic hydroxyl groups excluding tert-OH is 3. The van der Waals surface area contributed by atoms with Crippen LogP contribution >= 0.6 is 0 Å². The highest BCUT2D eigenvalue weighted by molar-refractivity contribution is 5.82. The summed E-state index contributed by atoms with van der Waals surface area (Å²) in [6.45, 7) is 65.7. The first kappa shape index (κ1) is 96.2. The lowest BCUT2D eigenvalue weighted by atomic mass is 9.48. The number of hydrogen-bond acceptors (Lipinski definition) is 13. The largest absolute Gasteiger partial charge is 0.478 e. The first-order chi connectivity index (χ1) is 50.6. The SMILES string of the molecule is C=CC(=O)O.C=CC(=O)OC(C)(C)C1CC=C(C)CC1.C=CC(=O)OC[C@H]1[C@H]2CC[C@H](C2)C1(C)C.C=CC(=O)O[C@@H]1C[C@H](C)CC[C@H]1C(C)C.C=CC(=O)O[C@H]1C=C(C)[C@@H]2C[C@H]1C2(C)C.CC(C)[C@@H]1CC[C@@H](C)C[C@H]1O.CC1(C)[C@@H]2CC[C@@H](C2)[C@@H]1CO.CC1=CCC(C(C)(C)O)CC1.CC1=C[C@H](O)[C@H]2C[C@@H]1C2(C)C. The summed E-state index contributed by atoms with van der Waals surface area (Å²) in [6, 6.07) is 0. The number of aliphatic hydroxyl groups is 4. The minimum absolute atomic E-state index is 0.0289. The molecule has 0 radical (unpaired) electrons. The van der Waals surface area contributed by atoms with E-state index in [0.717, 1.165) is 99.4 Å². The molecule has 14 nitrogen and oxygen atoms in total. The first-order valence-corrected chi connectivity index (χ1v) is 42.1. The smallest absolute Gasteiger partial charge is 0.330 e. The summed E-state index contributed by atoms with van der Waals surface area (Å²) < 4.78 is 21.4. The predicted molar refractivity (Wildman–Crippen MR) is 444 cm³/mol. The number of hydrogen-bond donors (Lipinski definition) is 5. The van der Waals surface area contributed by atoms with E-state index in [1.165, 1.54) is 117 Å². The Morgan fingerprint density at radius 2 is 0.972 bits per heavy atom. The normalized spacial score (nSPS) is 33.7. The van der Waals surface area contributed by atoms with E-state index in [4.69, 9.17) is 24.1 Å². The molecule has 0 spiro atoms. The number of allylic oxidation sites excluding steroid dienone is 6. The lowest BCUT2D eigenvalue weighted by Gasteiger charge is -2.58. The van der Waals surface area contributed by atoms with Crippen molar-refractivity contribution in [1.29, 1.82) is 0 Å². The van der Waals surface area contributed by atoms with Crippen molar-refractivity contribution in [2.24, 2.45) is 128 Å². The summed E-state index contributed by atoms with van der Waals surface area (Å²) in [6.07, 6.45) is 38.4. The van der Waals surface area contributed by atoms with Crippen molar-refractivity contribution in [3.8, 4) is 0 Å². The third-order valence-corrected chi connectivity index (χ3v) is 29.1. The van der Waals surface area contributed by atoms with Crippen molar-refractivity contribution in [1.82, 2.24) is 0 Å². The zero-order valence-electron chi connectivity index (χ0n) is 72.4. The topological polar surface area (TPSA) is 223 Å². The van der Waals surface area contributed by atoms with Crippen molar-refractivity contribution in [3.05, 3.63) is 110 Å². The number of carbonyl (C=O) groups excluding carboxylic acids is 4. The molecular weight excluding hydrogens is 1370 g/mol. The van der Waals surface area contributed by atoms with Crippen LogP contribution in [0.3, 0.4) is 0 Å². The van der Waals surface area contributed by atoms with Crippen molar-refractivity contribution >= 4 is 29.8 Å². The Kier molecular flexibility index (Phi) is 37.3. The first-order valence-electron chi connectivity index (χ1n) is 42.1. The molecule has 0 aromatic carbocycles. The second-order valence-electron chi connectivity index (χ2n) is 39.1. The molecule has 14 rings (SSSR count). The summed E-state index contributed by atoms with van der Waals surface area (Å²) >= 11 is 0. The van der Waals surface area contributed by atoms with Crippen molar-refractivity contribution in [2.75, 3.05) is 13.2 Å². The number of fused-ring (bicyclic) bond motifs is 6. The maximum atomic E-state index is 11.2. The molecule has 620 valence electrons. The molecule has 0 amide bonds. The molecule has 0 aromatic rings. The monoisotopic (exact) mass is 1520 g/mol. The van der Waals surface area contributed by atoms with E-state index >= 15 is 0 Å². The molecule has 14 heteroatoms. The summed E-state index contributed by atoms with van der Waals surface area (Å²) in [7, 11) is 0. The van der Waals surface area contributed by atoms with Gasteiger partial charge in [-0.15, -0.1) is 0 Å². The number of esters is 4. The third-order valence-electron chi connectivity index (χ3n) is 29.1. The fourth-order valence-corrected chi connectivity index (χ4v) is 21.0. The van der Waals surface area contributed by atoms with Gasteiger partial charge in [0.1, 0.15) is 17.8 Å². The molecular formula is C95H156O14. The molecule has 20 atom stereocenters. The van der Waals surface area contributed by atoms with Crippen LogP contribution in [0.5, 0.6) is 0 Å². The van der Waals surface area contributed by atoms with E-state index in [-0.39, 0.29) is 59.3 Å². The van der Waals surface area contributed by atoms with Crippen LogP contribution < -0.4 is 0 Å². The number of carbonyl (C=O) groups is 5. The van der Waals surface area contributed by atoms with Crippen LogP contribution in [0, 0.1) is 128 Å². The minimum atomic E-state index is -0.981. The van der Waals surface area contributed by atoms with Gasteiger partial charge in [0, 0.05) is 54.7 Å². The number of ether oxygens (including phenoxy) is 4. The Labute approximate surface area is 662 Å². The quantitative estimate of drug-likeness (QED) is 0.0445. The molecule has 2 unspecified atom stereocenters. The van der Waals surface area contributed by atoms with Gasteiger partial charge in [0.15, 0.2) is 0 Å². The van der Waals surface area contributed by atoms with Crippen molar-refractivity contribution < 1.29 is 68.5 Å². The standard InChI is InChI=1S/C13H18O2.2C13H20O2.C13H22O2.C10H16O.2C10H18O.C10H20O.C3H4O2/c1-5-12(14)15-11-6-8(2)9-7-10(11)13(9,3)4;1-4-12(14)15-8-11-9-5-6-10(7-9)13(11,2)3;1-5-12(14)15-13(3,4)11-8-6-10(2)7-9-11;1-5-13(14)15-12-8-10(4)6-7-11(12)9(2)3;1-6-4-9(11)8-5-7(6)10(8,2)3;1-10(2)8-4-3-7(5-8)9(10)6-11;1-8-4-6-9(7-5-8)10(2,3)11;1-7(2)9-5-4-8(3)6-10(9)11;1-2-3(4)5/h5-6,9-11H,1,7H2,2-4H3;4,9-11H,1,5-8H2,2-3H3;5-6,11H,1,7-9H2,2-4H3;5,9-12H,1,6-8H2,2-4H3;4,7-9,11H,5H2,1-3H3;7-9,11H,3-6H2,1-2H3;4,9,11H,5-7H2,1-3H3;7-11H,4-6H2,1-3H3;2H,1H2,(H,4,5)/t2*9-,10+,11-;;10-,11+,12-;2*7-,8+,9-;;8-,9+,10-;/m00.100.1./s1. The van der Waals surface area contributed by atoms with E-state index < -0.39 is 11.6 Å². The Bertz CT molecular complexity index is 3120. The van der Waals surface area contributed by atoms with E-state index in [0.29, 0.717) is 100 Å². The van der Waals surface area contributed by atoms with Crippen LogP contribution in [0.25, 0.3) is 0 Å². The lowest BCUT2D eigenvalue weighted by molar-refractivity contribution is -0.156. The van der Waals surface area contributed by atoms with Crippen LogP contribution in [0.15, 0.2) is 110 Å². The summed E-state index contributed by atoms with van der Waals surface area (Å²) in [4.78, 5) is 53.9. The zero-order chi connectivity index (χ0) is 82.6. The molecule has 8 saturated carbocycles. The van der Waals surface area contributed by atoms with Crippen LogP contribution in [0.1, 0.15) is 281 Å². The highest BCUT2D eigenvalue weighted by Crippen LogP contribution is 2.62. The van der Waals surface area contributed by atoms with Gasteiger partial charge in [-0.2, -0.15) is 0 Å². The fraction of sp³-hybridized carbons (Fsp3) is 0.758. The molecule has 0 aliphatic heterocycles. The van der Waals surface area contributed by atoms with E-state index in [2.05, 4.69) is 176 Å². The van der Waals surface area contributed by atoms with Gasteiger partial charge in [0.2, 0.25) is 0 Å². The molecule has 8 bridgehead atoms. The van der Waals surface area contributed by atoms with Crippen molar-refractivity contribution in [3.63, 3.8) is 0 Å². The van der Waals surface area contributed by atoms with Gasteiger partial charge in [-0.3, -0.25) is 0 Å². The summed E-state index contributed by atoms with van der Waals surface area (Å²) in [5.74, 6) is 9.38. The molecule has 0 aromatic heterocycles. The highest BCUT2D eigenvalue weighted by atomic mass is 16.6. The molecule has 0 saturated heterocycles. The van der Waals surface area contributed by atoms with Gasteiger partial charge in [0.25, 0.3) is 0 Å². The maximum Gasteiger partial charge on any atom is 0.330 e. The van der Waals surface area contributed by atoms with Gasteiger partial charge >= 0.3 is 29.8 Å². The second kappa shape index (κ2) is 42.3. The Hall–Kier alpha value is -5.15. The molecule has 5 N–H and O–H groups in total. The molecule has 14 aliphatic rings. The van der Waals surface area contributed by atoms with Gasteiger partial charge in [-0.25, -0.2) is 24.0 Å². The predicted octanol–water partition coefficient (Wildman–Crippen LogP) is 21.1. The van der Waals surface area contributed by atoms with E-state index in [1.807, 2.05) is 33.8 Å². The fourth-order valence-electron chi connectivity index (χ4n) is 21.0. The minimum Gasteiger partial charge on any atom is -0.478 e. The number of rotatable bonds is 15. The molecule has 0 heterocycles. The van der Waals surface area contributed by atoms with E-state index in [1.54, 1.807) is 0 Å². The average molecular weight is 1520 g/mol. The molecule has 14 aliphatic carbocycles. The van der Waals surface area contributed by atoms with Crippen LogP contribution in [0.2, 0.25) is 0 Å². The summed E-state index contributed by atoms with van der Waals surface area (Å²) in [5.41, 5.74) is 6.22. The van der Waals surface area contributed by atoms with E-state index in [9.17, 15) is 44.4 Å².